The van der Waals surface area contributed by atoms with Crippen LogP contribution in [0.1, 0.15) is 17.5 Å². The van der Waals surface area contributed by atoms with Crippen molar-refractivity contribution in [1.82, 2.24) is 5.16 Å². The third-order valence-electron chi connectivity index (χ3n) is 2.05. The third-order valence-corrected chi connectivity index (χ3v) is 2.38. The Kier molecular flexibility index (Phi) is 2.56. The van der Waals surface area contributed by atoms with Crippen molar-refractivity contribution in [3.63, 3.8) is 0 Å². The first kappa shape index (κ1) is 9.93. The topological polar surface area (TPSA) is 43.1 Å². The zero-order chi connectivity index (χ0) is 10.8. The molecule has 1 aromatic carbocycles. The van der Waals surface area contributed by atoms with Gasteiger partial charge in [0.05, 0.1) is 11.8 Å². The van der Waals surface area contributed by atoms with E-state index in [0.717, 1.165) is 5.56 Å². The van der Waals surface area contributed by atoms with Crippen molar-refractivity contribution in [2.45, 2.75) is 6.92 Å². The first-order valence-electron chi connectivity index (χ1n) is 4.40. The largest absolute Gasteiger partial charge is 0.352 e. The van der Waals surface area contributed by atoms with Crippen molar-refractivity contribution in [3.8, 4) is 11.1 Å². The molecule has 0 bridgehead atoms. The Bertz CT molecular complexity index is 505. The summed E-state index contributed by atoms with van der Waals surface area (Å²) in [6.07, 6.45) is 1.50. The molecule has 0 aliphatic rings. The number of carbonyl (C=O) groups excluding carboxylic acids is 1. The van der Waals surface area contributed by atoms with Crippen LogP contribution < -0.4 is 0 Å². The number of carbonyl (C=O) groups is 1. The SMILES string of the molecule is CC(=O)c1oncc1-c1ccccc1Cl. The minimum absolute atomic E-state index is 0.164. The summed E-state index contributed by atoms with van der Waals surface area (Å²) in [5, 5.41) is 4.18. The molecule has 0 aliphatic heterocycles. The fourth-order valence-corrected chi connectivity index (χ4v) is 1.60. The van der Waals surface area contributed by atoms with Crippen LogP contribution in [-0.2, 0) is 0 Å². The number of ketones is 1. The molecule has 0 fully saturated rings. The molecule has 0 unspecified atom stereocenters. The molecule has 76 valence electrons. The van der Waals surface area contributed by atoms with E-state index in [-0.39, 0.29) is 11.5 Å². The summed E-state index contributed by atoms with van der Waals surface area (Å²) in [5.74, 6) is 0.0746. The van der Waals surface area contributed by atoms with Crippen LogP contribution in [-0.4, -0.2) is 10.9 Å². The molecule has 15 heavy (non-hydrogen) atoms. The van der Waals surface area contributed by atoms with Gasteiger partial charge >= 0.3 is 0 Å². The highest BCUT2D eigenvalue weighted by Crippen LogP contribution is 2.30. The summed E-state index contributed by atoms with van der Waals surface area (Å²) in [5.41, 5.74) is 1.39. The van der Waals surface area contributed by atoms with Gasteiger partial charge in [-0.15, -0.1) is 0 Å². The van der Waals surface area contributed by atoms with E-state index in [1.807, 2.05) is 18.2 Å². The van der Waals surface area contributed by atoms with Gasteiger partial charge in [0.25, 0.3) is 0 Å². The maximum absolute atomic E-state index is 11.2. The van der Waals surface area contributed by atoms with Crippen molar-refractivity contribution in [3.05, 3.63) is 41.2 Å². The lowest BCUT2D eigenvalue weighted by Crippen LogP contribution is -1.91. The molecule has 0 amide bonds. The van der Waals surface area contributed by atoms with Crippen molar-refractivity contribution in [2.75, 3.05) is 0 Å². The smallest absolute Gasteiger partial charge is 0.209 e. The molecule has 0 radical (unpaired) electrons. The summed E-state index contributed by atoms with van der Waals surface area (Å²) >= 11 is 6.01. The zero-order valence-electron chi connectivity index (χ0n) is 8.03. The van der Waals surface area contributed by atoms with Crippen molar-refractivity contribution in [1.29, 1.82) is 0 Å². The van der Waals surface area contributed by atoms with Gasteiger partial charge in [-0.25, -0.2) is 0 Å². The summed E-state index contributed by atoms with van der Waals surface area (Å²) in [6, 6.07) is 7.25. The monoisotopic (exact) mass is 221 g/mol. The average molecular weight is 222 g/mol. The van der Waals surface area contributed by atoms with E-state index >= 15 is 0 Å². The first-order chi connectivity index (χ1) is 7.20. The lowest BCUT2D eigenvalue weighted by Gasteiger charge is -2.00. The number of rotatable bonds is 2. The van der Waals surface area contributed by atoms with E-state index in [1.165, 1.54) is 13.1 Å². The fourth-order valence-electron chi connectivity index (χ4n) is 1.36. The summed E-state index contributed by atoms with van der Waals surface area (Å²) in [4.78, 5) is 11.2. The third kappa shape index (κ3) is 1.78. The molecular weight excluding hydrogens is 214 g/mol. The van der Waals surface area contributed by atoms with Gasteiger partial charge < -0.3 is 4.52 Å². The van der Waals surface area contributed by atoms with Crippen LogP contribution in [0.5, 0.6) is 0 Å². The average Bonchev–Trinajstić information content (AvgIpc) is 2.67. The second-order valence-electron chi connectivity index (χ2n) is 3.10. The van der Waals surface area contributed by atoms with E-state index in [0.29, 0.717) is 10.6 Å². The molecule has 1 heterocycles. The first-order valence-corrected chi connectivity index (χ1v) is 4.78. The Morgan fingerprint density at radius 3 is 2.73 bits per heavy atom. The highest BCUT2D eigenvalue weighted by atomic mass is 35.5. The summed E-state index contributed by atoms with van der Waals surface area (Å²) in [6.45, 7) is 1.43. The van der Waals surface area contributed by atoms with E-state index < -0.39 is 0 Å². The van der Waals surface area contributed by atoms with Gasteiger partial charge in [-0.2, -0.15) is 0 Å². The van der Waals surface area contributed by atoms with Crippen LogP contribution in [0.25, 0.3) is 11.1 Å². The minimum atomic E-state index is -0.164. The van der Waals surface area contributed by atoms with Crippen LogP contribution in [0.2, 0.25) is 5.02 Å². The number of halogens is 1. The van der Waals surface area contributed by atoms with Gasteiger partial charge in [0.2, 0.25) is 5.76 Å². The Hall–Kier alpha value is -1.61. The van der Waals surface area contributed by atoms with Crippen LogP contribution in [0.4, 0.5) is 0 Å². The normalized spacial score (nSPS) is 10.3. The fraction of sp³-hybridized carbons (Fsp3) is 0.0909. The molecule has 0 saturated carbocycles. The van der Waals surface area contributed by atoms with Gasteiger partial charge in [0, 0.05) is 17.5 Å². The van der Waals surface area contributed by atoms with E-state index in [4.69, 9.17) is 16.1 Å². The standard InChI is InChI=1S/C11H8ClNO2/c1-7(14)11-9(6-13-15-11)8-4-2-3-5-10(8)12/h2-6H,1H3. The predicted molar refractivity (Wildman–Crippen MR) is 57.0 cm³/mol. The van der Waals surface area contributed by atoms with Gasteiger partial charge in [0.15, 0.2) is 5.78 Å². The molecule has 0 aliphatic carbocycles. The highest BCUT2D eigenvalue weighted by molar-refractivity contribution is 6.33. The molecule has 2 aromatic rings. The number of Topliss-reactive ketones (excluding diaryl/α,β-unsaturated/α-hetero) is 1. The molecular formula is C11H8ClNO2. The number of nitrogens with zero attached hydrogens (tertiary/aromatic N) is 1. The van der Waals surface area contributed by atoms with Crippen LogP contribution >= 0.6 is 11.6 Å². The molecule has 0 N–H and O–H groups in total. The van der Waals surface area contributed by atoms with Crippen LogP contribution in [0, 0.1) is 0 Å². The summed E-state index contributed by atoms with van der Waals surface area (Å²) < 4.78 is 4.88. The minimum Gasteiger partial charge on any atom is -0.352 e. The predicted octanol–water partition coefficient (Wildman–Crippen LogP) is 3.20. The highest BCUT2D eigenvalue weighted by Gasteiger charge is 2.16. The van der Waals surface area contributed by atoms with Crippen molar-refractivity contribution < 1.29 is 9.32 Å². The molecule has 0 spiro atoms. The lowest BCUT2D eigenvalue weighted by molar-refractivity contribution is 0.0979. The maximum atomic E-state index is 11.2. The number of aromatic nitrogens is 1. The Balaban J connectivity index is 2.59. The zero-order valence-corrected chi connectivity index (χ0v) is 8.78. The van der Waals surface area contributed by atoms with Crippen molar-refractivity contribution in [2.24, 2.45) is 0 Å². The van der Waals surface area contributed by atoms with E-state index in [9.17, 15) is 4.79 Å². The van der Waals surface area contributed by atoms with E-state index in [2.05, 4.69) is 5.16 Å². The second kappa shape index (κ2) is 3.87. The molecule has 3 nitrogen and oxygen atoms in total. The quantitative estimate of drug-likeness (QED) is 0.732. The molecule has 4 heteroatoms. The Labute approximate surface area is 91.6 Å². The van der Waals surface area contributed by atoms with Crippen molar-refractivity contribution >= 4 is 17.4 Å². The van der Waals surface area contributed by atoms with Crippen LogP contribution in [0.15, 0.2) is 35.0 Å². The molecule has 0 saturated heterocycles. The van der Waals surface area contributed by atoms with E-state index in [1.54, 1.807) is 6.07 Å². The molecule has 2 rings (SSSR count). The number of hydrogen-bond donors (Lipinski definition) is 0. The Morgan fingerprint density at radius 1 is 1.33 bits per heavy atom. The molecule has 1 aromatic heterocycles. The second-order valence-corrected chi connectivity index (χ2v) is 3.51. The summed E-state index contributed by atoms with van der Waals surface area (Å²) in [7, 11) is 0. The molecule has 0 atom stereocenters. The number of hydrogen-bond acceptors (Lipinski definition) is 3. The lowest BCUT2D eigenvalue weighted by atomic mass is 10.1. The Morgan fingerprint density at radius 2 is 2.07 bits per heavy atom. The van der Waals surface area contributed by atoms with Crippen LogP contribution in [0.3, 0.4) is 0 Å². The maximum Gasteiger partial charge on any atom is 0.209 e. The van der Waals surface area contributed by atoms with Gasteiger partial charge in [-0.3, -0.25) is 4.79 Å². The van der Waals surface area contributed by atoms with Gasteiger partial charge in [0.1, 0.15) is 0 Å². The van der Waals surface area contributed by atoms with Gasteiger partial charge in [-0.05, 0) is 6.07 Å². The number of benzene rings is 1. The van der Waals surface area contributed by atoms with Gasteiger partial charge in [-0.1, -0.05) is 35.0 Å².